The van der Waals surface area contributed by atoms with Crippen LogP contribution in [0.1, 0.15) is 26.4 Å². The minimum absolute atomic E-state index is 0.124. The summed E-state index contributed by atoms with van der Waals surface area (Å²) in [6.07, 6.45) is 0.763. The number of aryl methyl sites for hydroxylation is 1. The highest BCUT2D eigenvalue weighted by Gasteiger charge is 2.18. The second-order valence-electron chi connectivity index (χ2n) is 5.91. The van der Waals surface area contributed by atoms with E-state index in [1.807, 2.05) is 25.1 Å². The van der Waals surface area contributed by atoms with E-state index >= 15 is 0 Å². The number of amides is 1. The van der Waals surface area contributed by atoms with Crippen molar-refractivity contribution in [3.8, 4) is 0 Å². The summed E-state index contributed by atoms with van der Waals surface area (Å²) in [7, 11) is 1.61. The van der Waals surface area contributed by atoms with Crippen LogP contribution in [0, 0.1) is 6.92 Å². The maximum absolute atomic E-state index is 13.0. The van der Waals surface area contributed by atoms with Crippen molar-refractivity contribution in [1.82, 2.24) is 4.98 Å². The number of carbonyl (C=O) groups excluding carboxylic acids is 2. The molecule has 1 N–H and O–H groups in total. The number of carbonyl (C=O) groups is 2. The summed E-state index contributed by atoms with van der Waals surface area (Å²) in [5.74, 6) is -0.124. The van der Waals surface area contributed by atoms with E-state index in [2.05, 4.69) is 11.1 Å². The Morgan fingerprint density at radius 1 is 1.16 bits per heavy atom. The molecule has 0 fully saturated rings. The van der Waals surface area contributed by atoms with Crippen LogP contribution in [-0.4, -0.2) is 37.4 Å². The fourth-order valence-corrected chi connectivity index (χ4v) is 2.82. The number of benzene rings is 2. The number of hydrogen-bond acceptors (Lipinski definition) is 3. The number of fused-ring (bicyclic) bond motifs is 1. The van der Waals surface area contributed by atoms with Crippen molar-refractivity contribution < 1.29 is 14.3 Å². The number of nitrogens with one attached hydrogen (secondary N) is 1. The quantitative estimate of drug-likeness (QED) is 0.700. The summed E-state index contributed by atoms with van der Waals surface area (Å²) in [5, 5.41) is 1.06. The zero-order valence-corrected chi connectivity index (χ0v) is 14.3. The van der Waals surface area contributed by atoms with E-state index in [1.165, 1.54) is 0 Å². The van der Waals surface area contributed by atoms with E-state index in [0.717, 1.165) is 28.6 Å². The Balaban J connectivity index is 1.96. The van der Waals surface area contributed by atoms with E-state index in [-0.39, 0.29) is 5.91 Å². The van der Waals surface area contributed by atoms with Gasteiger partial charge >= 0.3 is 0 Å². The predicted octanol–water partition coefficient (Wildman–Crippen LogP) is 3.58. The van der Waals surface area contributed by atoms with Crippen LogP contribution in [0.25, 0.3) is 10.9 Å². The van der Waals surface area contributed by atoms with Crippen molar-refractivity contribution in [3.05, 3.63) is 65.4 Å². The lowest BCUT2D eigenvalue weighted by Crippen LogP contribution is -2.33. The van der Waals surface area contributed by atoms with Crippen molar-refractivity contribution in [3.63, 3.8) is 0 Å². The van der Waals surface area contributed by atoms with Crippen molar-refractivity contribution in [2.45, 2.75) is 6.92 Å². The third-order valence-electron chi connectivity index (χ3n) is 4.11. The molecule has 0 aliphatic rings. The number of ether oxygens (including phenoxy) is 1. The van der Waals surface area contributed by atoms with E-state index in [1.54, 1.807) is 36.3 Å². The van der Waals surface area contributed by atoms with Gasteiger partial charge in [0, 0.05) is 47.1 Å². The first-order valence-electron chi connectivity index (χ1n) is 8.08. The van der Waals surface area contributed by atoms with Crippen molar-refractivity contribution in [2.24, 2.45) is 0 Å². The number of hydrogen-bond donors (Lipinski definition) is 1. The summed E-state index contributed by atoms with van der Waals surface area (Å²) in [4.78, 5) is 28.7. The van der Waals surface area contributed by atoms with Gasteiger partial charge < -0.3 is 14.6 Å². The molecule has 1 aromatic heterocycles. The molecule has 0 saturated heterocycles. The molecule has 0 spiro atoms. The molecule has 0 aliphatic heterocycles. The molecule has 0 saturated carbocycles. The number of aromatic amines is 1. The highest BCUT2D eigenvalue weighted by atomic mass is 16.5. The predicted molar refractivity (Wildman–Crippen MR) is 98.4 cm³/mol. The fraction of sp³-hybridized carbons (Fsp3) is 0.200. The minimum Gasteiger partial charge on any atom is -0.383 e. The molecule has 25 heavy (non-hydrogen) atoms. The van der Waals surface area contributed by atoms with Crippen LogP contribution in [0.4, 0.5) is 5.69 Å². The van der Waals surface area contributed by atoms with Crippen LogP contribution in [-0.2, 0) is 4.74 Å². The van der Waals surface area contributed by atoms with Gasteiger partial charge in [-0.2, -0.15) is 0 Å². The number of aromatic nitrogens is 1. The molecule has 128 valence electrons. The highest BCUT2D eigenvalue weighted by molar-refractivity contribution is 6.07. The lowest BCUT2D eigenvalue weighted by molar-refractivity contribution is 0.0975. The lowest BCUT2D eigenvalue weighted by atomic mass is 10.1. The number of anilines is 1. The molecule has 0 unspecified atom stereocenters. The number of rotatable bonds is 6. The average Bonchev–Trinajstić information content (AvgIpc) is 3.01. The molecule has 3 rings (SSSR count). The molecule has 5 nitrogen and oxygen atoms in total. The average molecular weight is 336 g/mol. The summed E-state index contributed by atoms with van der Waals surface area (Å²) >= 11 is 0. The first-order chi connectivity index (χ1) is 12.1. The van der Waals surface area contributed by atoms with E-state index in [4.69, 9.17) is 4.74 Å². The first-order valence-corrected chi connectivity index (χ1v) is 8.08. The second kappa shape index (κ2) is 7.32. The third kappa shape index (κ3) is 3.61. The Morgan fingerprint density at radius 2 is 1.92 bits per heavy atom. The number of nitrogens with zero attached hydrogens (tertiary/aromatic N) is 1. The van der Waals surface area contributed by atoms with Gasteiger partial charge in [-0.1, -0.05) is 12.1 Å². The van der Waals surface area contributed by atoms with Crippen LogP contribution >= 0.6 is 0 Å². The van der Waals surface area contributed by atoms with E-state index < -0.39 is 0 Å². The topological polar surface area (TPSA) is 62.4 Å². The molecule has 1 heterocycles. The zero-order valence-electron chi connectivity index (χ0n) is 14.3. The van der Waals surface area contributed by atoms with Crippen molar-refractivity contribution in [2.75, 3.05) is 25.2 Å². The Labute approximate surface area is 146 Å². The Morgan fingerprint density at radius 3 is 2.60 bits per heavy atom. The van der Waals surface area contributed by atoms with E-state index in [0.29, 0.717) is 24.3 Å². The maximum Gasteiger partial charge on any atom is 0.258 e. The van der Waals surface area contributed by atoms with Gasteiger partial charge in [-0.3, -0.25) is 9.59 Å². The normalized spacial score (nSPS) is 10.8. The summed E-state index contributed by atoms with van der Waals surface area (Å²) in [6.45, 7) is 2.88. The number of H-pyrrole nitrogens is 1. The molecule has 2 aromatic carbocycles. The fourth-order valence-electron chi connectivity index (χ4n) is 2.82. The van der Waals surface area contributed by atoms with Crippen LogP contribution in [0.3, 0.4) is 0 Å². The number of aldehydes is 1. The van der Waals surface area contributed by atoms with E-state index in [9.17, 15) is 9.59 Å². The van der Waals surface area contributed by atoms with Crippen LogP contribution in [0.15, 0.2) is 48.5 Å². The molecule has 5 heteroatoms. The zero-order chi connectivity index (χ0) is 17.8. The molecule has 0 radical (unpaired) electrons. The van der Waals surface area contributed by atoms with Gasteiger partial charge in [0.1, 0.15) is 6.29 Å². The Bertz CT molecular complexity index is 897. The third-order valence-corrected chi connectivity index (χ3v) is 4.11. The second-order valence-corrected chi connectivity index (χ2v) is 5.91. The van der Waals surface area contributed by atoms with Crippen LogP contribution < -0.4 is 4.90 Å². The van der Waals surface area contributed by atoms with Crippen molar-refractivity contribution in [1.29, 1.82) is 0 Å². The Kier molecular flexibility index (Phi) is 4.95. The SMILES string of the molecule is COCCN(C(=O)c1ccc(C=O)cc1)c1ccc2[nH]c(C)cc2c1. The summed E-state index contributed by atoms with van der Waals surface area (Å²) in [6, 6.07) is 14.6. The van der Waals surface area contributed by atoms with Gasteiger partial charge in [-0.05, 0) is 43.3 Å². The molecule has 0 aliphatic carbocycles. The minimum atomic E-state index is -0.124. The van der Waals surface area contributed by atoms with Gasteiger partial charge in [0.25, 0.3) is 5.91 Å². The molecule has 1 amide bonds. The van der Waals surface area contributed by atoms with Crippen LogP contribution in [0.5, 0.6) is 0 Å². The van der Waals surface area contributed by atoms with Gasteiger partial charge in [0.2, 0.25) is 0 Å². The maximum atomic E-state index is 13.0. The Hall–Kier alpha value is -2.92. The van der Waals surface area contributed by atoms with Gasteiger partial charge in [-0.25, -0.2) is 0 Å². The van der Waals surface area contributed by atoms with Gasteiger partial charge in [0.15, 0.2) is 0 Å². The lowest BCUT2D eigenvalue weighted by Gasteiger charge is -2.23. The monoisotopic (exact) mass is 336 g/mol. The molecule has 3 aromatic rings. The smallest absolute Gasteiger partial charge is 0.258 e. The highest BCUT2D eigenvalue weighted by Crippen LogP contribution is 2.24. The van der Waals surface area contributed by atoms with Gasteiger partial charge in [-0.15, -0.1) is 0 Å². The summed E-state index contributed by atoms with van der Waals surface area (Å²) in [5.41, 5.74) is 4.01. The molecular weight excluding hydrogens is 316 g/mol. The summed E-state index contributed by atoms with van der Waals surface area (Å²) < 4.78 is 5.16. The largest absolute Gasteiger partial charge is 0.383 e. The molecule has 0 atom stereocenters. The van der Waals surface area contributed by atoms with Crippen LogP contribution in [0.2, 0.25) is 0 Å². The standard InChI is InChI=1S/C20H20N2O3/c1-14-11-17-12-18(7-8-19(17)21-14)22(9-10-25-2)20(24)16-5-3-15(13-23)4-6-16/h3-8,11-13,21H,9-10H2,1-2H3. The van der Waals surface area contributed by atoms with Gasteiger partial charge in [0.05, 0.1) is 6.61 Å². The number of methoxy groups -OCH3 is 1. The molecule has 0 bridgehead atoms. The first kappa shape index (κ1) is 16.9. The van der Waals surface area contributed by atoms with Crippen molar-refractivity contribution >= 4 is 28.8 Å². The molecular formula is C20H20N2O3.